The van der Waals surface area contributed by atoms with E-state index < -0.39 is 0 Å². The fourth-order valence-corrected chi connectivity index (χ4v) is 1.79. The van der Waals surface area contributed by atoms with Crippen molar-refractivity contribution in [2.75, 3.05) is 13.2 Å². The summed E-state index contributed by atoms with van der Waals surface area (Å²) in [6.07, 6.45) is 2.71. The van der Waals surface area contributed by atoms with Crippen molar-refractivity contribution < 1.29 is 14.3 Å². The maximum absolute atomic E-state index is 11.5. The van der Waals surface area contributed by atoms with Crippen LogP contribution in [0.2, 0.25) is 0 Å². The topological polar surface area (TPSA) is 46.6 Å². The Morgan fingerprint density at radius 3 is 2.71 bits per heavy atom. The van der Waals surface area contributed by atoms with Crippen molar-refractivity contribution >= 4 is 11.9 Å². The number of ether oxygens (including phenoxy) is 1. The molecule has 0 saturated carbocycles. The largest absolute Gasteiger partial charge is 0.464 e. The molecule has 14 heavy (non-hydrogen) atoms. The molecule has 0 bridgehead atoms. The van der Waals surface area contributed by atoms with E-state index in [0.29, 0.717) is 13.2 Å². The summed E-state index contributed by atoms with van der Waals surface area (Å²) in [6.45, 7) is 4.33. The Hall–Kier alpha value is -1.06. The van der Waals surface area contributed by atoms with Crippen LogP contribution in [0, 0.1) is 0 Å². The molecule has 1 amide bonds. The highest BCUT2D eigenvalue weighted by molar-refractivity contribution is 5.83. The van der Waals surface area contributed by atoms with Gasteiger partial charge in [-0.05, 0) is 26.2 Å². The van der Waals surface area contributed by atoms with Crippen LogP contribution in [0.4, 0.5) is 0 Å². The second-order valence-corrected chi connectivity index (χ2v) is 3.48. The van der Waals surface area contributed by atoms with Crippen LogP contribution in [0.5, 0.6) is 0 Å². The number of hydrogen-bond acceptors (Lipinski definition) is 3. The van der Waals surface area contributed by atoms with Crippen molar-refractivity contribution in [3.05, 3.63) is 0 Å². The SMILES string of the molecule is CCOC(=O)[C@H]1CCCCN1C(C)=O. The highest BCUT2D eigenvalue weighted by Crippen LogP contribution is 2.18. The van der Waals surface area contributed by atoms with Crippen LogP contribution in [0.3, 0.4) is 0 Å². The molecule has 0 N–H and O–H groups in total. The molecule has 4 nitrogen and oxygen atoms in total. The minimum Gasteiger partial charge on any atom is -0.464 e. The van der Waals surface area contributed by atoms with Crippen LogP contribution in [-0.4, -0.2) is 36.0 Å². The van der Waals surface area contributed by atoms with Gasteiger partial charge in [-0.15, -0.1) is 0 Å². The highest BCUT2D eigenvalue weighted by atomic mass is 16.5. The molecule has 1 aliphatic heterocycles. The van der Waals surface area contributed by atoms with Gasteiger partial charge in [0.25, 0.3) is 0 Å². The van der Waals surface area contributed by atoms with Crippen molar-refractivity contribution in [2.45, 2.75) is 39.2 Å². The third-order valence-electron chi connectivity index (χ3n) is 2.47. The molecular formula is C10H17NO3. The van der Waals surface area contributed by atoms with E-state index in [0.717, 1.165) is 19.3 Å². The van der Waals surface area contributed by atoms with Crippen molar-refractivity contribution in [2.24, 2.45) is 0 Å². The van der Waals surface area contributed by atoms with Gasteiger partial charge in [0.15, 0.2) is 0 Å². The van der Waals surface area contributed by atoms with Gasteiger partial charge in [-0.3, -0.25) is 4.79 Å². The van der Waals surface area contributed by atoms with E-state index >= 15 is 0 Å². The lowest BCUT2D eigenvalue weighted by molar-refractivity contribution is -0.155. The molecule has 0 spiro atoms. The van der Waals surface area contributed by atoms with Crippen LogP contribution in [0.1, 0.15) is 33.1 Å². The standard InChI is InChI=1S/C10H17NO3/c1-3-14-10(13)9-6-4-5-7-11(9)8(2)12/h9H,3-7H2,1-2H3/t9-/m1/s1. The van der Waals surface area contributed by atoms with Crippen LogP contribution < -0.4 is 0 Å². The summed E-state index contributed by atoms with van der Waals surface area (Å²) in [5.74, 6) is -0.301. The van der Waals surface area contributed by atoms with Crippen molar-refractivity contribution in [3.8, 4) is 0 Å². The number of likely N-dealkylation sites (tertiary alicyclic amines) is 1. The number of nitrogens with zero attached hydrogens (tertiary/aromatic N) is 1. The molecule has 0 aromatic rings. The maximum Gasteiger partial charge on any atom is 0.328 e. The summed E-state index contributed by atoms with van der Waals surface area (Å²) in [7, 11) is 0. The summed E-state index contributed by atoms with van der Waals surface area (Å²) in [6, 6.07) is -0.346. The number of carbonyl (C=O) groups excluding carboxylic acids is 2. The number of esters is 1. The molecule has 4 heteroatoms. The van der Waals surface area contributed by atoms with E-state index in [-0.39, 0.29) is 17.9 Å². The molecule has 80 valence electrons. The summed E-state index contributed by atoms with van der Waals surface area (Å²) < 4.78 is 4.93. The first-order valence-electron chi connectivity index (χ1n) is 5.10. The predicted octanol–water partition coefficient (Wildman–Crippen LogP) is 0.950. The molecule has 0 aromatic heterocycles. The highest BCUT2D eigenvalue weighted by Gasteiger charge is 2.31. The van der Waals surface area contributed by atoms with E-state index in [1.165, 1.54) is 6.92 Å². The maximum atomic E-state index is 11.5. The molecule has 1 fully saturated rings. The Balaban J connectivity index is 2.62. The zero-order valence-corrected chi connectivity index (χ0v) is 8.78. The number of rotatable bonds is 2. The van der Waals surface area contributed by atoms with Gasteiger partial charge in [-0.25, -0.2) is 4.79 Å². The monoisotopic (exact) mass is 199 g/mol. The Labute approximate surface area is 84.2 Å². The van der Waals surface area contributed by atoms with Crippen molar-refractivity contribution in [1.29, 1.82) is 0 Å². The minimum atomic E-state index is -0.346. The average Bonchev–Trinajstić information content (AvgIpc) is 2.18. The van der Waals surface area contributed by atoms with Crippen LogP contribution >= 0.6 is 0 Å². The average molecular weight is 199 g/mol. The fourth-order valence-electron chi connectivity index (χ4n) is 1.79. The predicted molar refractivity (Wildman–Crippen MR) is 51.7 cm³/mol. The third kappa shape index (κ3) is 2.47. The number of amides is 1. The third-order valence-corrected chi connectivity index (χ3v) is 2.47. The molecule has 1 atom stereocenters. The van der Waals surface area contributed by atoms with Gasteiger partial charge in [-0.1, -0.05) is 0 Å². The number of carbonyl (C=O) groups is 2. The first-order chi connectivity index (χ1) is 6.66. The van der Waals surface area contributed by atoms with Crippen LogP contribution in [0.15, 0.2) is 0 Å². The second kappa shape index (κ2) is 4.98. The van der Waals surface area contributed by atoms with Gasteiger partial charge in [0.2, 0.25) is 5.91 Å². The molecule has 1 saturated heterocycles. The van der Waals surface area contributed by atoms with Gasteiger partial charge in [0.1, 0.15) is 6.04 Å². The first kappa shape index (κ1) is 11.0. The van der Waals surface area contributed by atoms with Crippen LogP contribution in [-0.2, 0) is 14.3 Å². The molecule has 0 aliphatic carbocycles. The summed E-state index contributed by atoms with van der Waals surface area (Å²) in [4.78, 5) is 24.3. The molecular weight excluding hydrogens is 182 g/mol. The Morgan fingerprint density at radius 2 is 2.14 bits per heavy atom. The van der Waals surface area contributed by atoms with Crippen LogP contribution in [0.25, 0.3) is 0 Å². The zero-order valence-electron chi connectivity index (χ0n) is 8.78. The van der Waals surface area contributed by atoms with Gasteiger partial charge in [0, 0.05) is 13.5 Å². The summed E-state index contributed by atoms with van der Waals surface area (Å²) >= 11 is 0. The molecule has 1 heterocycles. The quantitative estimate of drug-likeness (QED) is 0.622. The first-order valence-corrected chi connectivity index (χ1v) is 5.10. The molecule has 0 radical (unpaired) electrons. The Morgan fingerprint density at radius 1 is 1.43 bits per heavy atom. The van der Waals surface area contributed by atoms with E-state index in [1.807, 2.05) is 0 Å². The molecule has 0 unspecified atom stereocenters. The lowest BCUT2D eigenvalue weighted by Gasteiger charge is -2.33. The number of piperidine rings is 1. The molecule has 0 aromatic carbocycles. The van der Waals surface area contributed by atoms with Crippen molar-refractivity contribution in [3.63, 3.8) is 0 Å². The lowest BCUT2D eigenvalue weighted by Crippen LogP contribution is -2.47. The zero-order chi connectivity index (χ0) is 10.6. The summed E-state index contributed by atoms with van der Waals surface area (Å²) in [5, 5.41) is 0. The van der Waals surface area contributed by atoms with Gasteiger partial charge >= 0.3 is 5.97 Å². The van der Waals surface area contributed by atoms with E-state index in [1.54, 1.807) is 11.8 Å². The second-order valence-electron chi connectivity index (χ2n) is 3.48. The van der Waals surface area contributed by atoms with Gasteiger partial charge in [-0.2, -0.15) is 0 Å². The van der Waals surface area contributed by atoms with E-state index in [9.17, 15) is 9.59 Å². The molecule has 1 rings (SSSR count). The van der Waals surface area contributed by atoms with Gasteiger partial charge < -0.3 is 9.64 Å². The van der Waals surface area contributed by atoms with E-state index in [2.05, 4.69) is 0 Å². The Bertz CT molecular complexity index is 227. The van der Waals surface area contributed by atoms with Gasteiger partial charge in [0.05, 0.1) is 6.61 Å². The Kier molecular flexibility index (Phi) is 3.92. The van der Waals surface area contributed by atoms with E-state index in [4.69, 9.17) is 4.74 Å². The molecule has 1 aliphatic rings. The normalized spacial score (nSPS) is 21.9. The fraction of sp³-hybridized carbons (Fsp3) is 0.800. The van der Waals surface area contributed by atoms with Crippen molar-refractivity contribution in [1.82, 2.24) is 4.90 Å². The smallest absolute Gasteiger partial charge is 0.328 e. The number of hydrogen-bond donors (Lipinski definition) is 0. The summed E-state index contributed by atoms with van der Waals surface area (Å²) in [5.41, 5.74) is 0. The minimum absolute atomic E-state index is 0.0391. The lowest BCUT2D eigenvalue weighted by atomic mass is 10.0.